The third-order valence-corrected chi connectivity index (χ3v) is 1.33. The monoisotopic (exact) mass is 157 g/mol. The molecular formula is C7H11NO3. The lowest BCUT2D eigenvalue weighted by Crippen LogP contribution is -1.86. The molecule has 1 heterocycles. The standard InChI is InChI=1S/C7H11NO3/c1-10-7-5-6(11-8-7)3-2-4-9/h5,9H,2-4H2,1H3. The second kappa shape index (κ2) is 3.98. The number of aliphatic hydroxyl groups is 1. The number of aromatic nitrogens is 1. The van der Waals surface area contributed by atoms with Gasteiger partial charge in [-0.05, 0) is 11.6 Å². The van der Waals surface area contributed by atoms with Crippen LogP contribution in [-0.2, 0) is 6.42 Å². The Kier molecular flexibility index (Phi) is 2.92. The minimum atomic E-state index is 0.170. The fourth-order valence-corrected chi connectivity index (χ4v) is 0.761. The molecule has 0 atom stereocenters. The molecule has 4 nitrogen and oxygen atoms in total. The van der Waals surface area contributed by atoms with E-state index in [0.29, 0.717) is 18.7 Å². The number of aliphatic hydroxyl groups excluding tert-OH is 1. The van der Waals surface area contributed by atoms with Crippen LogP contribution < -0.4 is 4.74 Å². The normalized spacial score (nSPS) is 10.0. The van der Waals surface area contributed by atoms with E-state index in [9.17, 15) is 0 Å². The van der Waals surface area contributed by atoms with Gasteiger partial charge in [-0.15, -0.1) is 0 Å². The SMILES string of the molecule is COc1cc(CCCO)on1. The van der Waals surface area contributed by atoms with Crippen LogP contribution in [0.25, 0.3) is 0 Å². The van der Waals surface area contributed by atoms with Gasteiger partial charge in [0, 0.05) is 19.1 Å². The fourth-order valence-electron chi connectivity index (χ4n) is 0.761. The van der Waals surface area contributed by atoms with Crippen molar-refractivity contribution in [2.24, 2.45) is 0 Å². The molecular weight excluding hydrogens is 146 g/mol. The first kappa shape index (κ1) is 8.07. The minimum absolute atomic E-state index is 0.170. The molecule has 0 spiro atoms. The number of methoxy groups -OCH3 is 1. The van der Waals surface area contributed by atoms with Crippen molar-refractivity contribution in [1.82, 2.24) is 5.16 Å². The third-order valence-electron chi connectivity index (χ3n) is 1.33. The van der Waals surface area contributed by atoms with Crippen molar-refractivity contribution >= 4 is 0 Å². The van der Waals surface area contributed by atoms with E-state index in [0.717, 1.165) is 5.76 Å². The highest BCUT2D eigenvalue weighted by molar-refractivity contribution is 5.10. The van der Waals surface area contributed by atoms with E-state index in [4.69, 9.17) is 14.4 Å². The zero-order chi connectivity index (χ0) is 8.10. The summed E-state index contributed by atoms with van der Waals surface area (Å²) in [5, 5.41) is 12.1. The highest BCUT2D eigenvalue weighted by atomic mass is 16.5. The Morgan fingerprint density at radius 1 is 1.73 bits per heavy atom. The van der Waals surface area contributed by atoms with Crippen LogP contribution >= 0.6 is 0 Å². The van der Waals surface area contributed by atoms with E-state index in [-0.39, 0.29) is 6.61 Å². The fraction of sp³-hybridized carbons (Fsp3) is 0.571. The zero-order valence-electron chi connectivity index (χ0n) is 6.41. The second-order valence-electron chi connectivity index (χ2n) is 2.16. The number of hydrogen-bond acceptors (Lipinski definition) is 4. The molecule has 0 saturated carbocycles. The summed E-state index contributed by atoms with van der Waals surface area (Å²) in [6.45, 7) is 0.170. The molecule has 0 saturated heterocycles. The van der Waals surface area contributed by atoms with Gasteiger partial charge in [-0.1, -0.05) is 0 Å². The third kappa shape index (κ3) is 2.23. The topological polar surface area (TPSA) is 55.5 Å². The second-order valence-corrected chi connectivity index (χ2v) is 2.16. The van der Waals surface area contributed by atoms with Gasteiger partial charge in [-0.3, -0.25) is 0 Å². The molecule has 0 bridgehead atoms. The number of nitrogens with zero attached hydrogens (tertiary/aromatic N) is 1. The van der Waals surface area contributed by atoms with E-state index in [1.165, 1.54) is 7.11 Å². The first-order valence-electron chi connectivity index (χ1n) is 3.47. The molecule has 1 aromatic heterocycles. The largest absolute Gasteiger partial charge is 0.479 e. The quantitative estimate of drug-likeness (QED) is 0.695. The van der Waals surface area contributed by atoms with Gasteiger partial charge in [0.05, 0.1) is 7.11 Å². The smallest absolute Gasteiger partial charge is 0.254 e. The molecule has 4 heteroatoms. The molecule has 0 aliphatic rings. The average Bonchev–Trinajstić information content (AvgIpc) is 2.48. The van der Waals surface area contributed by atoms with E-state index in [2.05, 4.69) is 5.16 Å². The van der Waals surface area contributed by atoms with Crippen LogP contribution in [0.5, 0.6) is 5.88 Å². The summed E-state index contributed by atoms with van der Waals surface area (Å²) in [7, 11) is 1.54. The number of ether oxygens (including phenoxy) is 1. The van der Waals surface area contributed by atoms with Gasteiger partial charge >= 0.3 is 0 Å². The Morgan fingerprint density at radius 2 is 2.55 bits per heavy atom. The van der Waals surface area contributed by atoms with E-state index < -0.39 is 0 Å². The van der Waals surface area contributed by atoms with E-state index >= 15 is 0 Å². The maximum atomic E-state index is 8.50. The van der Waals surface area contributed by atoms with E-state index in [1.807, 2.05) is 0 Å². The van der Waals surface area contributed by atoms with Gasteiger partial charge in [-0.2, -0.15) is 0 Å². The lowest BCUT2D eigenvalue weighted by atomic mass is 10.3. The van der Waals surface area contributed by atoms with Crippen molar-refractivity contribution in [2.45, 2.75) is 12.8 Å². The van der Waals surface area contributed by atoms with Crippen LogP contribution in [0, 0.1) is 0 Å². The molecule has 0 amide bonds. The number of hydrogen-bond donors (Lipinski definition) is 1. The Bertz CT molecular complexity index is 209. The van der Waals surface area contributed by atoms with Crippen LogP contribution in [0.1, 0.15) is 12.2 Å². The molecule has 0 aromatic carbocycles. The van der Waals surface area contributed by atoms with Gasteiger partial charge in [0.25, 0.3) is 5.88 Å². The molecule has 0 unspecified atom stereocenters. The molecule has 1 N–H and O–H groups in total. The summed E-state index contributed by atoms with van der Waals surface area (Å²) in [5.41, 5.74) is 0. The predicted molar refractivity (Wildman–Crippen MR) is 38.5 cm³/mol. The molecule has 0 aliphatic carbocycles. The van der Waals surface area contributed by atoms with Crippen LogP contribution in [0.3, 0.4) is 0 Å². The maximum Gasteiger partial charge on any atom is 0.254 e. The van der Waals surface area contributed by atoms with Gasteiger partial charge in [-0.25, -0.2) is 0 Å². The first-order chi connectivity index (χ1) is 5.36. The Balaban J connectivity index is 2.44. The summed E-state index contributed by atoms with van der Waals surface area (Å²) < 4.78 is 9.68. The van der Waals surface area contributed by atoms with Crippen molar-refractivity contribution in [3.8, 4) is 5.88 Å². The van der Waals surface area contributed by atoms with Crippen molar-refractivity contribution in [3.05, 3.63) is 11.8 Å². The Hall–Kier alpha value is -1.03. The van der Waals surface area contributed by atoms with Crippen LogP contribution in [-0.4, -0.2) is 24.0 Å². The summed E-state index contributed by atoms with van der Waals surface area (Å²) in [6, 6.07) is 1.72. The van der Waals surface area contributed by atoms with Gasteiger partial charge in [0.15, 0.2) is 0 Å². The lowest BCUT2D eigenvalue weighted by Gasteiger charge is -1.88. The van der Waals surface area contributed by atoms with Crippen LogP contribution in [0.4, 0.5) is 0 Å². The van der Waals surface area contributed by atoms with Crippen LogP contribution in [0.15, 0.2) is 10.6 Å². The molecule has 0 aliphatic heterocycles. The van der Waals surface area contributed by atoms with Crippen molar-refractivity contribution in [2.75, 3.05) is 13.7 Å². The zero-order valence-corrected chi connectivity index (χ0v) is 6.41. The van der Waals surface area contributed by atoms with Crippen molar-refractivity contribution < 1.29 is 14.4 Å². The van der Waals surface area contributed by atoms with Crippen molar-refractivity contribution in [3.63, 3.8) is 0 Å². The molecule has 1 aromatic rings. The number of rotatable bonds is 4. The Morgan fingerprint density at radius 3 is 3.09 bits per heavy atom. The van der Waals surface area contributed by atoms with Crippen molar-refractivity contribution in [1.29, 1.82) is 0 Å². The number of aryl methyl sites for hydroxylation is 1. The lowest BCUT2D eigenvalue weighted by molar-refractivity contribution is 0.277. The molecule has 62 valence electrons. The Labute approximate surface area is 64.8 Å². The first-order valence-corrected chi connectivity index (χ1v) is 3.47. The molecule has 1 rings (SSSR count). The molecule has 0 radical (unpaired) electrons. The highest BCUT2D eigenvalue weighted by Crippen LogP contribution is 2.11. The van der Waals surface area contributed by atoms with Gasteiger partial charge < -0.3 is 14.4 Å². The average molecular weight is 157 g/mol. The summed E-state index contributed by atoms with van der Waals surface area (Å²) in [4.78, 5) is 0. The minimum Gasteiger partial charge on any atom is -0.479 e. The summed E-state index contributed by atoms with van der Waals surface area (Å²) in [6.07, 6.45) is 1.39. The maximum absolute atomic E-state index is 8.50. The van der Waals surface area contributed by atoms with Crippen LogP contribution in [0.2, 0.25) is 0 Å². The van der Waals surface area contributed by atoms with Gasteiger partial charge in [0.1, 0.15) is 5.76 Å². The summed E-state index contributed by atoms with van der Waals surface area (Å²) >= 11 is 0. The molecule has 0 fully saturated rings. The summed E-state index contributed by atoms with van der Waals surface area (Å²) in [5.74, 6) is 1.23. The van der Waals surface area contributed by atoms with E-state index in [1.54, 1.807) is 6.07 Å². The highest BCUT2D eigenvalue weighted by Gasteiger charge is 2.01. The predicted octanol–water partition coefficient (Wildman–Crippen LogP) is 0.608. The molecule has 11 heavy (non-hydrogen) atoms. The van der Waals surface area contributed by atoms with Gasteiger partial charge in [0.2, 0.25) is 0 Å².